The predicted octanol–water partition coefficient (Wildman–Crippen LogP) is 4.39. The van der Waals surface area contributed by atoms with E-state index in [1.165, 1.54) is 30.4 Å². The van der Waals surface area contributed by atoms with E-state index in [4.69, 9.17) is 0 Å². The number of pyridine rings is 1. The van der Waals surface area contributed by atoms with Crippen LogP contribution in [0, 0.1) is 0 Å². The van der Waals surface area contributed by atoms with Crippen LogP contribution in [0.1, 0.15) is 43.4 Å². The molecule has 0 aliphatic heterocycles. The maximum absolute atomic E-state index is 4.36. The van der Waals surface area contributed by atoms with E-state index in [0.29, 0.717) is 6.04 Å². The van der Waals surface area contributed by atoms with Crippen LogP contribution < -0.4 is 10.6 Å². The van der Waals surface area contributed by atoms with Gasteiger partial charge in [-0.2, -0.15) is 0 Å². The number of fused-ring (bicyclic) bond motifs is 1. The Bertz CT molecular complexity index is 595. The molecule has 1 unspecified atom stereocenters. The molecule has 1 atom stereocenters. The molecular weight excluding hydrogens is 258 g/mol. The molecule has 1 aliphatic rings. The molecule has 0 fully saturated rings. The standard InChI is InChI=1S/C18H23N3/c1-2-11-19-18-13-15(10-12-20-18)21-17-9-5-7-14-6-3-4-8-16(14)17/h3-4,6,8,10,12-13,17H,2,5,7,9,11H2,1H3,(H2,19,20,21). The third-order valence-corrected chi connectivity index (χ3v) is 4.03. The SMILES string of the molecule is CCCNc1cc(NC2CCCc3ccccc32)ccn1. The number of anilines is 2. The molecule has 1 aliphatic carbocycles. The molecule has 3 heteroatoms. The van der Waals surface area contributed by atoms with Gasteiger partial charge in [-0.05, 0) is 42.9 Å². The van der Waals surface area contributed by atoms with Crippen LogP contribution in [0.15, 0.2) is 42.6 Å². The maximum Gasteiger partial charge on any atom is 0.127 e. The van der Waals surface area contributed by atoms with Crippen LogP contribution in [0.25, 0.3) is 0 Å². The molecule has 2 aromatic rings. The minimum atomic E-state index is 0.413. The first kappa shape index (κ1) is 13.9. The van der Waals surface area contributed by atoms with E-state index in [2.05, 4.69) is 52.9 Å². The van der Waals surface area contributed by atoms with Gasteiger partial charge in [0.15, 0.2) is 0 Å². The number of nitrogens with zero attached hydrogens (tertiary/aromatic N) is 1. The lowest BCUT2D eigenvalue weighted by atomic mass is 9.87. The molecule has 2 N–H and O–H groups in total. The van der Waals surface area contributed by atoms with E-state index < -0.39 is 0 Å². The van der Waals surface area contributed by atoms with Gasteiger partial charge in [0, 0.05) is 24.5 Å². The minimum absolute atomic E-state index is 0.413. The van der Waals surface area contributed by atoms with Gasteiger partial charge in [-0.15, -0.1) is 0 Å². The van der Waals surface area contributed by atoms with Crippen LogP contribution in [-0.2, 0) is 6.42 Å². The Morgan fingerprint density at radius 2 is 2.14 bits per heavy atom. The fraction of sp³-hybridized carbons (Fsp3) is 0.389. The number of benzene rings is 1. The van der Waals surface area contributed by atoms with Gasteiger partial charge >= 0.3 is 0 Å². The Balaban J connectivity index is 1.75. The summed E-state index contributed by atoms with van der Waals surface area (Å²) in [5.74, 6) is 0.950. The minimum Gasteiger partial charge on any atom is -0.378 e. The van der Waals surface area contributed by atoms with Crippen LogP contribution in [0.2, 0.25) is 0 Å². The van der Waals surface area contributed by atoms with Gasteiger partial charge in [0.25, 0.3) is 0 Å². The highest BCUT2D eigenvalue weighted by Gasteiger charge is 2.19. The summed E-state index contributed by atoms with van der Waals surface area (Å²) in [6.45, 7) is 3.12. The van der Waals surface area contributed by atoms with Crippen molar-refractivity contribution in [3.8, 4) is 0 Å². The van der Waals surface area contributed by atoms with Gasteiger partial charge in [-0.3, -0.25) is 0 Å². The van der Waals surface area contributed by atoms with E-state index in [9.17, 15) is 0 Å². The van der Waals surface area contributed by atoms with Crippen molar-refractivity contribution in [3.63, 3.8) is 0 Å². The van der Waals surface area contributed by atoms with Gasteiger partial charge in [0.05, 0.1) is 6.04 Å². The lowest BCUT2D eigenvalue weighted by molar-refractivity contribution is 0.600. The Hall–Kier alpha value is -2.03. The number of aryl methyl sites for hydroxylation is 1. The molecule has 21 heavy (non-hydrogen) atoms. The number of aromatic nitrogens is 1. The second kappa shape index (κ2) is 6.61. The van der Waals surface area contributed by atoms with Crippen molar-refractivity contribution in [1.29, 1.82) is 0 Å². The Morgan fingerprint density at radius 1 is 1.24 bits per heavy atom. The molecule has 0 amide bonds. The summed E-state index contributed by atoms with van der Waals surface area (Å²) in [7, 11) is 0. The average Bonchev–Trinajstić information content (AvgIpc) is 2.54. The van der Waals surface area contributed by atoms with E-state index >= 15 is 0 Å². The summed E-state index contributed by atoms with van der Waals surface area (Å²) in [4.78, 5) is 4.36. The zero-order chi connectivity index (χ0) is 14.5. The topological polar surface area (TPSA) is 37.0 Å². The number of hydrogen-bond donors (Lipinski definition) is 2. The van der Waals surface area contributed by atoms with Crippen molar-refractivity contribution >= 4 is 11.5 Å². The Kier molecular flexibility index (Phi) is 4.39. The predicted molar refractivity (Wildman–Crippen MR) is 88.8 cm³/mol. The molecular formula is C18H23N3. The van der Waals surface area contributed by atoms with Crippen molar-refractivity contribution in [3.05, 3.63) is 53.7 Å². The number of nitrogens with one attached hydrogen (secondary N) is 2. The monoisotopic (exact) mass is 281 g/mol. The molecule has 0 saturated heterocycles. The second-order valence-electron chi connectivity index (χ2n) is 5.64. The molecule has 3 rings (SSSR count). The third kappa shape index (κ3) is 3.35. The van der Waals surface area contributed by atoms with Gasteiger partial charge in [0.1, 0.15) is 5.82 Å². The smallest absolute Gasteiger partial charge is 0.127 e. The first-order chi connectivity index (χ1) is 10.4. The van der Waals surface area contributed by atoms with E-state index in [0.717, 1.165) is 24.5 Å². The summed E-state index contributed by atoms with van der Waals surface area (Å²) in [6.07, 6.45) is 6.62. The van der Waals surface area contributed by atoms with Crippen LogP contribution in [-0.4, -0.2) is 11.5 Å². The highest BCUT2D eigenvalue weighted by Crippen LogP contribution is 2.32. The third-order valence-electron chi connectivity index (χ3n) is 4.03. The molecule has 0 bridgehead atoms. The lowest BCUT2D eigenvalue weighted by Crippen LogP contribution is -2.17. The zero-order valence-corrected chi connectivity index (χ0v) is 12.6. The fourth-order valence-electron chi connectivity index (χ4n) is 2.98. The highest BCUT2D eigenvalue weighted by molar-refractivity contribution is 5.53. The summed E-state index contributed by atoms with van der Waals surface area (Å²) in [5.41, 5.74) is 4.08. The van der Waals surface area contributed by atoms with Crippen LogP contribution in [0.5, 0.6) is 0 Å². The molecule has 0 spiro atoms. The molecule has 110 valence electrons. The summed E-state index contributed by atoms with van der Waals surface area (Å²) < 4.78 is 0. The normalized spacial score (nSPS) is 17.1. The largest absolute Gasteiger partial charge is 0.378 e. The number of hydrogen-bond acceptors (Lipinski definition) is 3. The summed E-state index contributed by atoms with van der Waals surface area (Å²) >= 11 is 0. The first-order valence-electron chi connectivity index (χ1n) is 7.91. The molecule has 1 aromatic heterocycles. The zero-order valence-electron chi connectivity index (χ0n) is 12.6. The Morgan fingerprint density at radius 3 is 3.05 bits per heavy atom. The number of rotatable bonds is 5. The van der Waals surface area contributed by atoms with Crippen molar-refractivity contribution in [2.45, 2.75) is 38.6 Å². The van der Waals surface area contributed by atoms with Crippen molar-refractivity contribution in [2.24, 2.45) is 0 Å². The van der Waals surface area contributed by atoms with Gasteiger partial charge < -0.3 is 10.6 Å². The van der Waals surface area contributed by atoms with Gasteiger partial charge in [-0.1, -0.05) is 31.2 Å². The van der Waals surface area contributed by atoms with Crippen LogP contribution >= 0.6 is 0 Å². The first-order valence-corrected chi connectivity index (χ1v) is 7.91. The van der Waals surface area contributed by atoms with E-state index in [1.807, 2.05) is 12.3 Å². The molecule has 1 heterocycles. The molecule has 1 aromatic carbocycles. The summed E-state index contributed by atoms with van der Waals surface area (Å²) in [5, 5.41) is 7.01. The van der Waals surface area contributed by atoms with Crippen LogP contribution in [0.3, 0.4) is 0 Å². The lowest BCUT2D eigenvalue weighted by Gasteiger charge is -2.27. The molecule has 3 nitrogen and oxygen atoms in total. The van der Waals surface area contributed by atoms with Crippen LogP contribution in [0.4, 0.5) is 11.5 Å². The summed E-state index contributed by atoms with van der Waals surface area (Å²) in [6, 6.07) is 13.4. The van der Waals surface area contributed by atoms with Crippen molar-refractivity contribution in [2.75, 3.05) is 17.2 Å². The average molecular weight is 281 g/mol. The van der Waals surface area contributed by atoms with E-state index in [1.54, 1.807) is 0 Å². The molecule has 0 radical (unpaired) electrons. The highest BCUT2D eigenvalue weighted by atomic mass is 15.0. The quantitative estimate of drug-likeness (QED) is 0.853. The van der Waals surface area contributed by atoms with Crippen molar-refractivity contribution in [1.82, 2.24) is 4.98 Å². The molecule has 0 saturated carbocycles. The maximum atomic E-state index is 4.36. The van der Waals surface area contributed by atoms with E-state index in [-0.39, 0.29) is 0 Å². The fourth-order valence-corrected chi connectivity index (χ4v) is 2.98. The van der Waals surface area contributed by atoms with Gasteiger partial charge in [-0.25, -0.2) is 4.98 Å². The van der Waals surface area contributed by atoms with Gasteiger partial charge in [0.2, 0.25) is 0 Å². The van der Waals surface area contributed by atoms with Crippen molar-refractivity contribution < 1.29 is 0 Å². The second-order valence-corrected chi connectivity index (χ2v) is 5.64. The Labute approximate surface area is 126 Å².